The summed E-state index contributed by atoms with van der Waals surface area (Å²) in [4.78, 5) is 36.4. The summed E-state index contributed by atoms with van der Waals surface area (Å²) in [5.74, 6) is -1.24. The summed E-state index contributed by atoms with van der Waals surface area (Å²) in [6.45, 7) is 11.2. The fraction of sp³-hybridized carbons (Fsp3) is 0.625. The van der Waals surface area contributed by atoms with Gasteiger partial charge >= 0.3 is 17.9 Å². The second-order valence-corrected chi connectivity index (χ2v) is 14.0. The number of benzene rings is 2. The summed E-state index contributed by atoms with van der Waals surface area (Å²) in [5, 5.41) is 8.81. The Balaban J connectivity index is 1.38. The Hall–Kier alpha value is -3.31. The van der Waals surface area contributed by atoms with E-state index >= 15 is 0 Å². The molecule has 2 fully saturated rings. The summed E-state index contributed by atoms with van der Waals surface area (Å²) in [5.41, 5.74) is 0.947. The number of hydrogen-bond acceptors (Lipinski definition) is 9. The van der Waals surface area contributed by atoms with E-state index in [2.05, 4.69) is 34.6 Å². The molecule has 0 saturated carbocycles. The van der Waals surface area contributed by atoms with E-state index in [0.29, 0.717) is 24.2 Å². The number of carbonyl (C=O) groups excluding carboxylic acids is 2. The second kappa shape index (κ2) is 19.9. The molecule has 4 rings (SSSR count). The zero-order valence-corrected chi connectivity index (χ0v) is 30.2. The molecule has 0 bridgehead atoms. The highest BCUT2D eigenvalue weighted by molar-refractivity contribution is 5.89. The van der Waals surface area contributed by atoms with Crippen molar-refractivity contribution < 1.29 is 47.9 Å². The third-order valence-electron chi connectivity index (χ3n) is 10.6. The van der Waals surface area contributed by atoms with Crippen LogP contribution in [0.4, 0.5) is 0 Å². The van der Waals surface area contributed by atoms with Crippen LogP contribution in [0.25, 0.3) is 0 Å². The van der Waals surface area contributed by atoms with E-state index in [4.69, 9.17) is 33.5 Å². The van der Waals surface area contributed by atoms with Crippen molar-refractivity contribution in [2.75, 3.05) is 19.8 Å². The maximum atomic E-state index is 12.9. The Kier molecular flexibility index (Phi) is 15.7. The van der Waals surface area contributed by atoms with Gasteiger partial charge in [0.25, 0.3) is 0 Å². The number of esters is 2. The van der Waals surface area contributed by atoms with Crippen LogP contribution in [-0.2, 0) is 33.2 Å². The van der Waals surface area contributed by atoms with E-state index in [0.717, 1.165) is 32.1 Å². The molecule has 276 valence electrons. The molecule has 50 heavy (non-hydrogen) atoms. The molecule has 10 atom stereocenters. The fourth-order valence-electron chi connectivity index (χ4n) is 6.70. The van der Waals surface area contributed by atoms with Gasteiger partial charge in [0.15, 0.2) is 12.6 Å². The van der Waals surface area contributed by atoms with Crippen molar-refractivity contribution in [2.45, 2.75) is 110 Å². The Morgan fingerprint density at radius 1 is 0.600 bits per heavy atom. The largest absolute Gasteiger partial charge is 0.481 e. The van der Waals surface area contributed by atoms with Crippen LogP contribution in [-0.4, -0.2) is 73.7 Å². The molecular formula is C40H56O10. The third kappa shape index (κ3) is 11.4. The first kappa shape index (κ1) is 39.5. The Morgan fingerprint density at radius 2 is 1.10 bits per heavy atom. The molecule has 0 aromatic heterocycles. The first-order valence-electron chi connectivity index (χ1n) is 18.3. The Morgan fingerprint density at radius 3 is 1.68 bits per heavy atom. The van der Waals surface area contributed by atoms with Crippen LogP contribution in [0.15, 0.2) is 60.7 Å². The highest BCUT2D eigenvalue weighted by atomic mass is 16.7. The van der Waals surface area contributed by atoms with Crippen molar-refractivity contribution in [1.82, 2.24) is 0 Å². The lowest BCUT2D eigenvalue weighted by molar-refractivity contribution is -0.327. The maximum absolute atomic E-state index is 12.9. The van der Waals surface area contributed by atoms with E-state index in [9.17, 15) is 14.4 Å². The van der Waals surface area contributed by atoms with Crippen LogP contribution < -0.4 is 0 Å². The Bertz CT molecular complexity index is 1320. The van der Waals surface area contributed by atoms with Crippen LogP contribution in [0.3, 0.4) is 0 Å². The van der Waals surface area contributed by atoms with Gasteiger partial charge in [0.05, 0.1) is 23.3 Å². The van der Waals surface area contributed by atoms with Gasteiger partial charge < -0.3 is 33.5 Å². The van der Waals surface area contributed by atoms with Gasteiger partial charge in [0.1, 0.15) is 19.3 Å². The summed E-state index contributed by atoms with van der Waals surface area (Å²) in [6.07, 6.45) is 3.21. The third-order valence-corrected chi connectivity index (χ3v) is 10.6. The number of aliphatic carboxylic acids is 1. The van der Waals surface area contributed by atoms with E-state index in [-0.39, 0.29) is 55.3 Å². The predicted molar refractivity (Wildman–Crippen MR) is 187 cm³/mol. The highest BCUT2D eigenvalue weighted by Crippen LogP contribution is 2.40. The number of carboxylic acids is 1. The van der Waals surface area contributed by atoms with Crippen LogP contribution in [0.1, 0.15) is 100 Å². The first-order chi connectivity index (χ1) is 24.1. The van der Waals surface area contributed by atoms with Gasteiger partial charge in [0, 0.05) is 24.9 Å². The molecule has 2 saturated heterocycles. The smallest absolute Gasteiger partial charge is 0.338 e. The molecule has 0 aliphatic carbocycles. The molecule has 2 aromatic carbocycles. The molecule has 2 aromatic rings. The minimum absolute atomic E-state index is 0.0170. The molecule has 2 aliphatic rings. The minimum atomic E-state index is -0.744. The number of ether oxygens (including phenoxy) is 6. The zero-order chi connectivity index (χ0) is 36.0. The van der Waals surface area contributed by atoms with Crippen molar-refractivity contribution in [2.24, 2.45) is 29.6 Å². The van der Waals surface area contributed by atoms with Gasteiger partial charge in [0.2, 0.25) is 0 Å². The number of unbranched alkanes of at least 4 members (excludes halogenated alkanes) is 5. The molecule has 0 spiro atoms. The minimum Gasteiger partial charge on any atom is -0.481 e. The highest BCUT2D eigenvalue weighted by Gasteiger charge is 2.47. The SMILES string of the molecule is CC1C(COC(=O)c2ccccc2)OC(OC2C(COC(=O)c3ccccc3)OC(OCCCCCCCCC(=O)O)C(C)C2C)C(C)C1C. The van der Waals surface area contributed by atoms with Gasteiger partial charge in [-0.15, -0.1) is 0 Å². The molecule has 10 heteroatoms. The van der Waals surface area contributed by atoms with E-state index in [1.165, 1.54) is 0 Å². The number of carboxylic acid groups (broad SMARTS) is 1. The lowest BCUT2D eigenvalue weighted by Gasteiger charge is -2.48. The zero-order valence-electron chi connectivity index (χ0n) is 30.2. The summed E-state index contributed by atoms with van der Waals surface area (Å²) in [7, 11) is 0. The molecule has 2 aliphatic heterocycles. The molecule has 0 radical (unpaired) electrons. The van der Waals surface area contributed by atoms with Crippen molar-refractivity contribution in [1.29, 1.82) is 0 Å². The van der Waals surface area contributed by atoms with E-state index in [1.54, 1.807) is 48.5 Å². The standard InChI is InChI=1S/C40H56O10/c1-26-27(2)33(24-46-37(43)31-18-12-10-13-19-31)48-40(29(26)4)50-36-28(3)30(5)39(45-23-17-9-7-6-8-16-22-35(41)42)49-34(36)25-47-38(44)32-20-14-11-15-21-32/h10-15,18-21,26-30,33-34,36,39-40H,6-9,16-17,22-25H2,1-5H3,(H,41,42). The van der Waals surface area contributed by atoms with E-state index in [1.807, 2.05) is 12.1 Å². The molecule has 2 heterocycles. The number of carbonyl (C=O) groups is 3. The van der Waals surface area contributed by atoms with Gasteiger partial charge in [-0.2, -0.15) is 0 Å². The van der Waals surface area contributed by atoms with Crippen LogP contribution in [0.2, 0.25) is 0 Å². The fourth-order valence-corrected chi connectivity index (χ4v) is 6.70. The topological polar surface area (TPSA) is 127 Å². The Labute approximate surface area is 297 Å². The van der Waals surface area contributed by atoms with Crippen LogP contribution >= 0.6 is 0 Å². The number of hydrogen-bond donors (Lipinski definition) is 1. The van der Waals surface area contributed by atoms with Gasteiger partial charge in [-0.05, 0) is 54.9 Å². The lowest BCUT2D eigenvalue weighted by Crippen LogP contribution is -2.56. The second-order valence-electron chi connectivity index (χ2n) is 14.0. The predicted octanol–water partition coefficient (Wildman–Crippen LogP) is 7.55. The van der Waals surface area contributed by atoms with E-state index < -0.39 is 42.7 Å². The molecule has 0 amide bonds. The summed E-state index contributed by atoms with van der Waals surface area (Å²) < 4.78 is 37.6. The van der Waals surface area contributed by atoms with Crippen molar-refractivity contribution in [3.63, 3.8) is 0 Å². The normalized spacial score (nSPS) is 29.6. The van der Waals surface area contributed by atoms with Crippen molar-refractivity contribution in [3.8, 4) is 0 Å². The molecule has 1 N–H and O–H groups in total. The monoisotopic (exact) mass is 696 g/mol. The maximum Gasteiger partial charge on any atom is 0.338 e. The van der Waals surface area contributed by atoms with Crippen LogP contribution in [0.5, 0.6) is 0 Å². The quantitative estimate of drug-likeness (QED) is 0.123. The number of rotatable bonds is 18. The summed E-state index contributed by atoms with van der Waals surface area (Å²) >= 11 is 0. The van der Waals surface area contributed by atoms with Gasteiger partial charge in [-0.1, -0.05) is 96.7 Å². The first-order valence-corrected chi connectivity index (χ1v) is 18.3. The summed E-state index contributed by atoms with van der Waals surface area (Å²) in [6, 6.07) is 17.8. The molecule has 10 unspecified atom stereocenters. The average molecular weight is 697 g/mol. The van der Waals surface area contributed by atoms with Gasteiger partial charge in [-0.3, -0.25) is 4.79 Å². The van der Waals surface area contributed by atoms with Gasteiger partial charge in [-0.25, -0.2) is 9.59 Å². The molecule has 10 nitrogen and oxygen atoms in total. The average Bonchev–Trinajstić information content (AvgIpc) is 3.12. The lowest BCUT2D eigenvalue weighted by atomic mass is 9.78. The van der Waals surface area contributed by atoms with Crippen LogP contribution in [0, 0.1) is 29.6 Å². The molecular weight excluding hydrogens is 640 g/mol. The van der Waals surface area contributed by atoms with Crippen molar-refractivity contribution >= 4 is 17.9 Å². The van der Waals surface area contributed by atoms with Crippen molar-refractivity contribution in [3.05, 3.63) is 71.8 Å².